The van der Waals surface area contributed by atoms with Gasteiger partial charge in [-0.05, 0) is 12.1 Å². The molecule has 0 aliphatic rings. The third-order valence-corrected chi connectivity index (χ3v) is 2.48. The molecule has 5 heteroatoms. The molecule has 1 aromatic carbocycles. The van der Waals surface area contributed by atoms with Crippen LogP contribution in [0.3, 0.4) is 0 Å². The van der Waals surface area contributed by atoms with Crippen LogP contribution in [0.1, 0.15) is 5.56 Å². The van der Waals surface area contributed by atoms with Crippen LogP contribution in [-0.2, 0) is 11.2 Å². The van der Waals surface area contributed by atoms with Gasteiger partial charge in [-0.25, -0.2) is 0 Å². The Labute approximate surface area is 96.7 Å². The quantitative estimate of drug-likeness (QED) is 0.833. The average molecular weight is 233 g/mol. The molecule has 1 aromatic heterocycles. The summed E-state index contributed by atoms with van der Waals surface area (Å²) >= 11 is 0. The average Bonchev–Trinajstić information content (AvgIpc) is 2.29. The number of carboxylic acid groups (broad SMARTS) is 1. The first-order chi connectivity index (χ1) is 8.11. The Kier molecular flexibility index (Phi) is 2.82. The van der Waals surface area contributed by atoms with Crippen LogP contribution < -0.4 is 10.3 Å². The van der Waals surface area contributed by atoms with Crippen LogP contribution in [0.5, 0.6) is 5.75 Å². The second-order valence-electron chi connectivity index (χ2n) is 3.62. The van der Waals surface area contributed by atoms with E-state index in [2.05, 4.69) is 4.98 Å². The van der Waals surface area contributed by atoms with Crippen molar-refractivity contribution in [3.63, 3.8) is 0 Å². The highest BCUT2D eigenvalue weighted by Gasteiger charge is 2.09. The van der Waals surface area contributed by atoms with E-state index in [-0.39, 0.29) is 12.0 Å². The van der Waals surface area contributed by atoms with Crippen molar-refractivity contribution in [3.05, 3.63) is 40.2 Å². The molecule has 17 heavy (non-hydrogen) atoms. The summed E-state index contributed by atoms with van der Waals surface area (Å²) in [6, 6.07) is 6.88. The zero-order valence-corrected chi connectivity index (χ0v) is 9.19. The van der Waals surface area contributed by atoms with E-state index in [1.807, 2.05) is 0 Å². The molecule has 2 N–H and O–H groups in total. The van der Waals surface area contributed by atoms with Crippen LogP contribution in [0.15, 0.2) is 29.1 Å². The van der Waals surface area contributed by atoms with Gasteiger partial charge < -0.3 is 14.8 Å². The molecule has 2 aromatic rings. The van der Waals surface area contributed by atoms with Crippen LogP contribution in [0.4, 0.5) is 0 Å². The number of carbonyl (C=O) groups is 1. The van der Waals surface area contributed by atoms with Crippen LogP contribution in [0.25, 0.3) is 10.9 Å². The predicted molar refractivity (Wildman–Crippen MR) is 62.5 cm³/mol. The topological polar surface area (TPSA) is 79.4 Å². The van der Waals surface area contributed by atoms with Gasteiger partial charge in [0.2, 0.25) is 0 Å². The summed E-state index contributed by atoms with van der Waals surface area (Å²) in [5.74, 6) is -0.473. The van der Waals surface area contributed by atoms with Gasteiger partial charge >= 0.3 is 5.97 Å². The molecule has 0 aliphatic carbocycles. The molecule has 2 rings (SSSR count). The number of pyridine rings is 1. The van der Waals surface area contributed by atoms with Gasteiger partial charge in [0, 0.05) is 10.9 Å². The Morgan fingerprint density at radius 1 is 1.47 bits per heavy atom. The Morgan fingerprint density at radius 2 is 2.24 bits per heavy atom. The van der Waals surface area contributed by atoms with Crippen LogP contribution in [0, 0.1) is 0 Å². The normalized spacial score (nSPS) is 10.4. The maximum atomic E-state index is 11.7. The van der Waals surface area contributed by atoms with Crippen molar-refractivity contribution in [1.29, 1.82) is 0 Å². The van der Waals surface area contributed by atoms with Gasteiger partial charge in [-0.3, -0.25) is 9.59 Å². The zero-order valence-electron chi connectivity index (χ0n) is 9.19. The fourth-order valence-electron chi connectivity index (χ4n) is 1.71. The Morgan fingerprint density at radius 3 is 2.88 bits per heavy atom. The number of aromatic amines is 1. The molecule has 0 fully saturated rings. The zero-order chi connectivity index (χ0) is 12.4. The summed E-state index contributed by atoms with van der Waals surface area (Å²) in [6.45, 7) is 0. The number of H-pyrrole nitrogens is 1. The number of methoxy groups -OCH3 is 1. The largest absolute Gasteiger partial charge is 0.495 e. The van der Waals surface area contributed by atoms with Crippen molar-refractivity contribution in [2.75, 3.05) is 7.11 Å². The molecule has 0 radical (unpaired) electrons. The van der Waals surface area contributed by atoms with E-state index in [1.54, 1.807) is 24.3 Å². The van der Waals surface area contributed by atoms with Crippen molar-refractivity contribution < 1.29 is 14.6 Å². The summed E-state index contributed by atoms with van der Waals surface area (Å²) in [4.78, 5) is 24.9. The third kappa shape index (κ3) is 2.13. The molecular weight excluding hydrogens is 222 g/mol. The first kappa shape index (κ1) is 11.2. The second-order valence-corrected chi connectivity index (χ2v) is 3.62. The van der Waals surface area contributed by atoms with E-state index >= 15 is 0 Å². The number of hydrogen-bond donors (Lipinski definition) is 2. The number of hydrogen-bond acceptors (Lipinski definition) is 3. The SMILES string of the molecule is COc1cccc2cc(CC(=O)O)c(=O)[nH]c12. The van der Waals surface area contributed by atoms with E-state index in [9.17, 15) is 9.59 Å². The highest BCUT2D eigenvalue weighted by Crippen LogP contribution is 2.22. The number of aromatic nitrogens is 1. The number of carboxylic acids is 1. The molecule has 0 atom stereocenters. The molecule has 0 amide bonds. The molecule has 0 bridgehead atoms. The number of para-hydroxylation sites is 1. The lowest BCUT2D eigenvalue weighted by molar-refractivity contribution is -0.136. The summed E-state index contributed by atoms with van der Waals surface area (Å²) in [5, 5.41) is 9.44. The molecule has 0 spiro atoms. The summed E-state index contributed by atoms with van der Waals surface area (Å²) < 4.78 is 5.12. The number of ether oxygens (including phenoxy) is 1. The summed E-state index contributed by atoms with van der Waals surface area (Å²) in [5.41, 5.74) is 0.414. The summed E-state index contributed by atoms with van der Waals surface area (Å²) in [6.07, 6.45) is -0.289. The van der Waals surface area contributed by atoms with Gasteiger partial charge in [-0.1, -0.05) is 12.1 Å². The minimum absolute atomic E-state index is 0.234. The standard InChI is InChI=1S/C12H11NO4/c1-17-9-4-2-3-7-5-8(6-10(14)15)12(16)13-11(7)9/h2-5H,6H2,1H3,(H,13,16)(H,14,15). The van der Waals surface area contributed by atoms with Crippen molar-refractivity contribution in [1.82, 2.24) is 4.98 Å². The molecule has 0 unspecified atom stereocenters. The number of fused-ring (bicyclic) bond motifs is 1. The Hall–Kier alpha value is -2.30. The Balaban J connectivity index is 2.66. The maximum absolute atomic E-state index is 11.7. The molecule has 5 nitrogen and oxygen atoms in total. The fraction of sp³-hybridized carbons (Fsp3) is 0.167. The summed E-state index contributed by atoms with van der Waals surface area (Å²) in [7, 11) is 1.51. The van der Waals surface area contributed by atoms with Crippen molar-refractivity contribution in [2.45, 2.75) is 6.42 Å². The molecule has 0 saturated carbocycles. The van der Waals surface area contributed by atoms with Crippen LogP contribution in [0.2, 0.25) is 0 Å². The second kappa shape index (κ2) is 4.29. The molecule has 88 valence electrons. The van der Waals surface area contributed by atoms with E-state index in [4.69, 9.17) is 9.84 Å². The molecule has 1 heterocycles. The van der Waals surface area contributed by atoms with Gasteiger partial charge in [0.25, 0.3) is 5.56 Å². The molecule has 0 saturated heterocycles. The highest BCUT2D eigenvalue weighted by molar-refractivity contribution is 5.85. The van der Waals surface area contributed by atoms with E-state index < -0.39 is 11.5 Å². The number of rotatable bonds is 3. The van der Waals surface area contributed by atoms with Crippen molar-refractivity contribution in [3.8, 4) is 5.75 Å². The van der Waals surface area contributed by atoms with E-state index in [0.29, 0.717) is 11.3 Å². The molecule has 0 aliphatic heterocycles. The fourth-order valence-corrected chi connectivity index (χ4v) is 1.71. The first-order valence-corrected chi connectivity index (χ1v) is 5.02. The lowest BCUT2D eigenvalue weighted by Gasteiger charge is -2.05. The molecular formula is C12H11NO4. The smallest absolute Gasteiger partial charge is 0.308 e. The minimum atomic E-state index is -1.03. The van der Waals surface area contributed by atoms with E-state index in [1.165, 1.54) is 7.11 Å². The van der Waals surface area contributed by atoms with Gasteiger partial charge in [0.1, 0.15) is 5.75 Å². The lowest BCUT2D eigenvalue weighted by atomic mass is 10.1. The van der Waals surface area contributed by atoms with Crippen molar-refractivity contribution >= 4 is 16.9 Å². The van der Waals surface area contributed by atoms with Crippen LogP contribution >= 0.6 is 0 Å². The predicted octanol–water partition coefficient (Wildman–Crippen LogP) is 1.16. The highest BCUT2D eigenvalue weighted by atomic mass is 16.5. The maximum Gasteiger partial charge on any atom is 0.308 e. The van der Waals surface area contributed by atoms with E-state index in [0.717, 1.165) is 5.39 Å². The van der Waals surface area contributed by atoms with Crippen LogP contribution in [-0.4, -0.2) is 23.2 Å². The van der Waals surface area contributed by atoms with Crippen molar-refractivity contribution in [2.24, 2.45) is 0 Å². The van der Waals surface area contributed by atoms with Gasteiger partial charge in [0.05, 0.1) is 19.0 Å². The number of nitrogens with one attached hydrogen (secondary N) is 1. The van der Waals surface area contributed by atoms with Gasteiger partial charge in [-0.2, -0.15) is 0 Å². The van der Waals surface area contributed by atoms with Gasteiger partial charge in [-0.15, -0.1) is 0 Å². The Bertz CT molecular complexity index is 630. The minimum Gasteiger partial charge on any atom is -0.495 e. The monoisotopic (exact) mass is 233 g/mol. The number of aliphatic carboxylic acids is 1. The lowest BCUT2D eigenvalue weighted by Crippen LogP contribution is -2.16. The van der Waals surface area contributed by atoms with Gasteiger partial charge in [0.15, 0.2) is 0 Å². The third-order valence-electron chi connectivity index (χ3n) is 2.48. The first-order valence-electron chi connectivity index (χ1n) is 5.02. The number of benzene rings is 1.